The van der Waals surface area contributed by atoms with Crippen LogP contribution in [0.1, 0.15) is 6.92 Å². The molecule has 0 saturated heterocycles. The molecule has 0 unspecified atom stereocenters. The molecule has 1 atom stereocenters. The largest absolute Gasteiger partial charge is 0.497 e. The molecule has 116 valence electrons. The summed E-state index contributed by atoms with van der Waals surface area (Å²) in [6.07, 6.45) is 0.882. The van der Waals surface area contributed by atoms with Crippen molar-refractivity contribution >= 4 is 11.6 Å². The number of pyridine rings is 1. The Morgan fingerprint density at radius 1 is 1.05 bits per heavy atom. The summed E-state index contributed by atoms with van der Waals surface area (Å²) in [6, 6.07) is 10.4. The number of methoxy groups -OCH3 is 2. The van der Waals surface area contributed by atoms with Gasteiger partial charge in [0.2, 0.25) is 5.88 Å². The highest BCUT2D eigenvalue weighted by Gasteiger charge is 2.15. The van der Waals surface area contributed by atoms with Crippen LogP contribution in [0.5, 0.6) is 17.4 Å². The molecule has 0 spiro atoms. The van der Waals surface area contributed by atoms with Crippen LogP contribution in [-0.4, -0.2) is 31.2 Å². The van der Waals surface area contributed by atoms with E-state index in [0.29, 0.717) is 17.3 Å². The van der Waals surface area contributed by atoms with E-state index in [2.05, 4.69) is 10.3 Å². The van der Waals surface area contributed by atoms with Crippen molar-refractivity contribution in [3.8, 4) is 17.4 Å². The van der Waals surface area contributed by atoms with Crippen molar-refractivity contribution in [1.82, 2.24) is 4.98 Å². The Kier molecular flexibility index (Phi) is 5.19. The molecule has 0 saturated carbocycles. The van der Waals surface area contributed by atoms with Gasteiger partial charge in [0.05, 0.1) is 26.1 Å². The zero-order valence-corrected chi connectivity index (χ0v) is 12.7. The minimum atomic E-state index is -0.643. The fourth-order valence-electron chi connectivity index (χ4n) is 1.73. The molecule has 0 fully saturated rings. The molecule has 6 nitrogen and oxygen atoms in total. The first-order chi connectivity index (χ1) is 10.6. The maximum absolute atomic E-state index is 12.1. The number of benzene rings is 1. The molecular formula is C16H18N2O4. The van der Waals surface area contributed by atoms with E-state index in [1.165, 1.54) is 13.3 Å². The van der Waals surface area contributed by atoms with Gasteiger partial charge < -0.3 is 19.5 Å². The third-order valence-corrected chi connectivity index (χ3v) is 2.95. The molecule has 2 rings (SSSR count). The molecule has 1 heterocycles. The number of nitrogens with zero attached hydrogens (tertiary/aromatic N) is 1. The summed E-state index contributed by atoms with van der Waals surface area (Å²) in [4.78, 5) is 16.1. The van der Waals surface area contributed by atoms with E-state index in [-0.39, 0.29) is 5.91 Å². The van der Waals surface area contributed by atoms with E-state index in [4.69, 9.17) is 14.2 Å². The molecule has 6 heteroatoms. The Morgan fingerprint density at radius 2 is 1.73 bits per heavy atom. The number of hydrogen-bond acceptors (Lipinski definition) is 5. The number of ether oxygens (including phenoxy) is 3. The van der Waals surface area contributed by atoms with Crippen molar-refractivity contribution in [1.29, 1.82) is 0 Å². The smallest absolute Gasteiger partial charge is 0.265 e. The van der Waals surface area contributed by atoms with Crippen molar-refractivity contribution in [2.75, 3.05) is 19.5 Å². The fraction of sp³-hybridized carbons (Fsp3) is 0.250. The standard InChI is InChI=1S/C16H18N2O4/c1-11(22-14-7-5-13(20-2)6-8-14)16(19)18-12-4-9-15(21-3)17-10-12/h4-11H,1-3H3,(H,18,19)/t11-/m1/s1. The Labute approximate surface area is 129 Å². The molecule has 1 amide bonds. The number of rotatable bonds is 6. The number of carbonyl (C=O) groups is 1. The average Bonchev–Trinajstić information content (AvgIpc) is 2.56. The van der Waals surface area contributed by atoms with Gasteiger partial charge in [-0.25, -0.2) is 4.98 Å². The van der Waals surface area contributed by atoms with E-state index in [0.717, 1.165) is 5.75 Å². The lowest BCUT2D eigenvalue weighted by Crippen LogP contribution is -2.30. The van der Waals surface area contributed by atoms with Crippen LogP contribution in [0.2, 0.25) is 0 Å². The summed E-state index contributed by atoms with van der Waals surface area (Å²) in [5.74, 6) is 1.55. The quantitative estimate of drug-likeness (QED) is 0.888. The van der Waals surface area contributed by atoms with Crippen LogP contribution in [0.15, 0.2) is 42.6 Å². The summed E-state index contributed by atoms with van der Waals surface area (Å²) >= 11 is 0. The number of hydrogen-bond donors (Lipinski definition) is 1. The maximum atomic E-state index is 12.1. The molecule has 1 aromatic carbocycles. The molecule has 22 heavy (non-hydrogen) atoms. The predicted octanol–water partition coefficient (Wildman–Crippen LogP) is 2.50. The lowest BCUT2D eigenvalue weighted by molar-refractivity contribution is -0.122. The summed E-state index contributed by atoms with van der Waals surface area (Å²) < 4.78 is 15.6. The van der Waals surface area contributed by atoms with Gasteiger partial charge in [0.15, 0.2) is 6.10 Å². The number of aromatic nitrogens is 1. The zero-order chi connectivity index (χ0) is 15.9. The summed E-state index contributed by atoms with van der Waals surface area (Å²) in [5, 5.41) is 2.73. The SMILES string of the molecule is COc1ccc(O[C@H](C)C(=O)Nc2ccc(OC)nc2)cc1. The summed E-state index contributed by atoms with van der Waals surface area (Å²) in [6.45, 7) is 1.68. The summed E-state index contributed by atoms with van der Waals surface area (Å²) in [5.41, 5.74) is 0.580. The van der Waals surface area contributed by atoms with Gasteiger partial charge in [0, 0.05) is 6.07 Å². The molecule has 0 bridgehead atoms. The zero-order valence-electron chi connectivity index (χ0n) is 12.7. The Balaban J connectivity index is 1.92. The van der Waals surface area contributed by atoms with Crippen molar-refractivity contribution in [2.45, 2.75) is 13.0 Å². The average molecular weight is 302 g/mol. The van der Waals surface area contributed by atoms with E-state index < -0.39 is 6.10 Å². The van der Waals surface area contributed by atoms with Gasteiger partial charge in [-0.05, 0) is 37.3 Å². The predicted molar refractivity (Wildman–Crippen MR) is 82.5 cm³/mol. The van der Waals surface area contributed by atoms with E-state index >= 15 is 0 Å². The second-order valence-electron chi connectivity index (χ2n) is 4.51. The van der Waals surface area contributed by atoms with Crippen LogP contribution in [0.25, 0.3) is 0 Å². The number of anilines is 1. The van der Waals surface area contributed by atoms with Gasteiger partial charge in [0.1, 0.15) is 11.5 Å². The molecule has 1 aromatic heterocycles. The van der Waals surface area contributed by atoms with E-state index in [9.17, 15) is 4.79 Å². The lowest BCUT2D eigenvalue weighted by Gasteiger charge is -2.15. The molecule has 0 aliphatic heterocycles. The number of amides is 1. The molecule has 0 aliphatic rings. The van der Waals surface area contributed by atoms with Crippen LogP contribution >= 0.6 is 0 Å². The first-order valence-corrected chi connectivity index (χ1v) is 6.74. The topological polar surface area (TPSA) is 69.7 Å². The number of carbonyl (C=O) groups excluding carboxylic acids is 1. The molecule has 2 aromatic rings. The first-order valence-electron chi connectivity index (χ1n) is 6.74. The summed E-state index contributed by atoms with van der Waals surface area (Å²) in [7, 11) is 3.13. The van der Waals surface area contributed by atoms with Gasteiger partial charge in [-0.15, -0.1) is 0 Å². The van der Waals surface area contributed by atoms with E-state index in [1.54, 1.807) is 50.4 Å². The Bertz CT molecular complexity index is 611. The molecule has 1 N–H and O–H groups in total. The fourth-order valence-corrected chi connectivity index (χ4v) is 1.73. The van der Waals surface area contributed by atoms with Crippen LogP contribution in [0, 0.1) is 0 Å². The Morgan fingerprint density at radius 3 is 2.27 bits per heavy atom. The highest BCUT2D eigenvalue weighted by atomic mass is 16.5. The maximum Gasteiger partial charge on any atom is 0.265 e. The van der Waals surface area contributed by atoms with Crippen molar-refractivity contribution in [3.63, 3.8) is 0 Å². The number of nitrogens with one attached hydrogen (secondary N) is 1. The minimum Gasteiger partial charge on any atom is -0.497 e. The normalized spacial score (nSPS) is 11.4. The second kappa shape index (κ2) is 7.31. The van der Waals surface area contributed by atoms with Crippen LogP contribution in [0.4, 0.5) is 5.69 Å². The first kappa shape index (κ1) is 15.6. The Hall–Kier alpha value is -2.76. The second-order valence-corrected chi connectivity index (χ2v) is 4.51. The van der Waals surface area contributed by atoms with Crippen LogP contribution < -0.4 is 19.5 Å². The van der Waals surface area contributed by atoms with Gasteiger partial charge in [-0.3, -0.25) is 4.79 Å². The van der Waals surface area contributed by atoms with Crippen molar-refractivity contribution in [2.24, 2.45) is 0 Å². The van der Waals surface area contributed by atoms with Crippen LogP contribution in [-0.2, 0) is 4.79 Å². The van der Waals surface area contributed by atoms with Gasteiger partial charge in [-0.2, -0.15) is 0 Å². The van der Waals surface area contributed by atoms with Crippen molar-refractivity contribution in [3.05, 3.63) is 42.6 Å². The van der Waals surface area contributed by atoms with E-state index in [1.807, 2.05) is 0 Å². The molecule has 0 aliphatic carbocycles. The third-order valence-electron chi connectivity index (χ3n) is 2.95. The van der Waals surface area contributed by atoms with Gasteiger partial charge >= 0.3 is 0 Å². The highest BCUT2D eigenvalue weighted by molar-refractivity contribution is 5.93. The van der Waals surface area contributed by atoms with Crippen molar-refractivity contribution < 1.29 is 19.0 Å². The third kappa shape index (κ3) is 4.12. The minimum absolute atomic E-state index is 0.261. The van der Waals surface area contributed by atoms with Crippen LogP contribution in [0.3, 0.4) is 0 Å². The molecular weight excluding hydrogens is 284 g/mol. The lowest BCUT2D eigenvalue weighted by atomic mass is 10.3. The monoisotopic (exact) mass is 302 g/mol. The van der Waals surface area contributed by atoms with Gasteiger partial charge in [-0.1, -0.05) is 0 Å². The van der Waals surface area contributed by atoms with Gasteiger partial charge in [0.25, 0.3) is 5.91 Å². The highest BCUT2D eigenvalue weighted by Crippen LogP contribution is 2.18. The molecule has 0 radical (unpaired) electrons.